The summed E-state index contributed by atoms with van der Waals surface area (Å²) in [7, 11) is 0. The highest BCUT2D eigenvalue weighted by Gasteiger charge is 2.11. The van der Waals surface area contributed by atoms with Crippen LogP contribution in [0.4, 0.5) is 0 Å². The summed E-state index contributed by atoms with van der Waals surface area (Å²) in [4.78, 5) is 23.5. The first kappa shape index (κ1) is 13.3. The van der Waals surface area contributed by atoms with E-state index >= 15 is 0 Å². The number of aromatic amines is 1. The molecular formula is C14H17N3O2. The number of carbonyl (C=O) groups excluding carboxylic acids is 1. The number of hydrogen-bond acceptors (Lipinski definition) is 3. The van der Waals surface area contributed by atoms with E-state index in [9.17, 15) is 9.59 Å². The molecule has 19 heavy (non-hydrogen) atoms. The molecule has 1 aromatic heterocycles. The van der Waals surface area contributed by atoms with E-state index in [4.69, 9.17) is 0 Å². The summed E-state index contributed by atoms with van der Waals surface area (Å²) in [6, 6.07) is 7.30. The molecule has 1 heterocycles. The smallest absolute Gasteiger partial charge is 0.272 e. The van der Waals surface area contributed by atoms with Crippen LogP contribution in [0.3, 0.4) is 0 Å². The third kappa shape index (κ3) is 2.99. The molecule has 0 fully saturated rings. The molecule has 2 aromatic rings. The Bertz CT molecular complexity index is 648. The minimum Gasteiger partial charge on any atom is -0.353 e. The first-order chi connectivity index (χ1) is 9.11. The number of hydrogen-bond donors (Lipinski definition) is 2. The van der Waals surface area contributed by atoms with Crippen LogP contribution in [-0.2, 0) is 11.2 Å². The van der Waals surface area contributed by atoms with Gasteiger partial charge in [0.15, 0.2) is 0 Å². The summed E-state index contributed by atoms with van der Waals surface area (Å²) in [6.07, 6.45) is 1.05. The van der Waals surface area contributed by atoms with Crippen molar-refractivity contribution in [1.82, 2.24) is 15.5 Å². The predicted molar refractivity (Wildman–Crippen MR) is 74.0 cm³/mol. The van der Waals surface area contributed by atoms with Crippen molar-refractivity contribution in [2.45, 2.75) is 32.7 Å². The van der Waals surface area contributed by atoms with E-state index in [1.165, 1.54) is 0 Å². The van der Waals surface area contributed by atoms with Crippen LogP contribution in [0.25, 0.3) is 10.8 Å². The van der Waals surface area contributed by atoms with Crippen LogP contribution >= 0.6 is 0 Å². The van der Waals surface area contributed by atoms with E-state index in [1.807, 2.05) is 26.0 Å². The van der Waals surface area contributed by atoms with Gasteiger partial charge in [0, 0.05) is 11.4 Å². The maximum Gasteiger partial charge on any atom is 0.272 e. The first-order valence-electron chi connectivity index (χ1n) is 6.37. The molecule has 0 radical (unpaired) electrons. The molecule has 0 aliphatic rings. The normalized spacial score (nSPS) is 12.3. The second-order valence-corrected chi connectivity index (χ2v) is 4.60. The van der Waals surface area contributed by atoms with Gasteiger partial charge in [-0.05, 0) is 19.4 Å². The van der Waals surface area contributed by atoms with E-state index in [0.29, 0.717) is 11.1 Å². The third-order valence-corrected chi connectivity index (χ3v) is 3.12. The van der Waals surface area contributed by atoms with E-state index < -0.39 is 0 Å². The Balaban J connectivity index is 2.29. The van der Waals surface area contributed by atoms with Crippen molar-refractivity contribution in [3.8, 4) is 0 Å². The second-order valence-electron chi connectivity index (χ2n) is 4.60. The highest BCUT2D eigenvalue weighted by atomic mass is 16.1. The molecule has 5 heteroatoms. The molecule has 0 aliphatic carbocycles. The van der Waals surface area contributed by atoms with Gasteiger partial charge >= 0.3 is 0 Å². The Hall–Kier alpha value is -2.17. The van der Waals surface area contributed by atoms with Gasteiger partial charge in [0.05, 0.1) is 17.5 Å². The average molecular weight is 259 g/mol. The SMILES string of the molecule is CC[C@@H](C)NC(=O)Cc1n[nH]c(=O)c2ccccc12. The molecule has 0 aliphatic heterocycles. The van der Waals surface area contributed by atoms with Crippen LogP contribution in [0.5, 0.6) is 0 Å². The minimum absolute atomic E-state index is 0.0842. The van der Waals surface area contributed by atoms with Crippen LogP contribution in [0.15, 0.2) is 29.1 Å². The number of fused-ring (bicyclic) bond motifs is 1. The second kappa shape index (κ2) is 5.65. The molecule has 0 unspecified atom stereocenters. The fourth-order valence-electron chi connectivity index (χ4n) is 1.89. The molecule has 5 nitrogen and oxygen atoms in total. The van der Waals surface area contributed by atoms with Crippen LogP contribution in [0.2, 0.25) is 0 Å². The lowest BCUT2D eigenvalue weighted by Crippen LogP contribution is -2.33. The minimum atomic E-state index is -0.235. The summed E-state index contributed by atoms with van der Waals surface area (Å²) in [5.41, 5.74) is 0.359. The summed E-state index contributed by atoms with van der Waals surface area (Å²) < 4.78 is 0. The van der Waals surface area contributed by atoms with Gasteiger partial charge in [-0.1, -0.05) is 25.1 Å². The largest absolute Gasteiger partial charge is 0.353 e. The molecule has 1 atom stereocenters. The summed E-state index contributed by atoms with van der Waals surface area (Å²) in [5, 5.41) is 10.6. The average Bonchev–Trinajstić information content (AvgIpc) is 2.42. The third-order valence-electron chi connectivity index (χ3n) is 3.12. The standard InChI is InChI=1S/C14H17N3O2/c1-3-9(2)15-13(18)8-12-10-6-4-5-7-11(10)14(19)17-16-12/h4-7,9H,3,8H2,1-2H3,(H,15,18)(H,17,19)/t9-/m1/s1. The molecule has 0 spiro atoms. The Morgan fingerprint density at radius 2 is 2.05 bits per heavy atom. The zero-order chi connectivity index (χ0) is 13.8. The maximum atomic E-state index is 11.9. The molecule has 1 amide bonds. The number of H-pyrrole nitrogens is 1. The summed E-state index contributed by atoms with van der Waals surface area (Å²) >= 11 is 0. The van der Waals surface area contributed by atoms with Crippen LogP contribution in [0.1, 0.15) is 26.0 Å². The van der Waals surface area contributed by atoms with Gasteiger partial charge < -0.3 is 5.32 Å². The zero-order valence-electron chi connectivity index (χ0n) is 11.1. The van der Waals surface area contributed by atoms with Gasteiger partial charge in [-0.25, -0.2) is 5.10 Å². The first-order valence-corrected chi connectivity index (χ1v) is 6.37. The van der Waals surface area contributed by atoms with Crippen molar-refractivity contribution in [2.75, 3.05) is 0 Å². The van der Waals surface area contributed by atoms with Gasteiger partial charge in [-0.15, -0.1) is 0 Å². The van der Waals surface area contributed by atoms with Crippen molar-refractivity contribution in [3.63, 3.8) is 0 Å². The number of amides is 1. The number of benzene rings is 1. The summed E-state index contributed by atoms with van der Waals surface area (Å²) in [5.74, 6) is -0.0842. The molecule has 100 valence electrons. The van der Waals surface area contributed by atoms with E-state index in [2.05, 4.69) is 15.5 Å². The quantitative estimate of drug-likeness (QED) is 0.871. The highest BCUT2D eigenvalue weighted by molar-refractivity contribution is 5.88. The van der Waals surface area contributed by atoms with Gasteiger partial charge in [0.25, 0.3) is 5.56 Å². The molecule has 0 saturated heterocycles. The topological polar surface area (TPSA) is 74.8 Å². The van der Waals surface area contributed by atoms with Crippen molar-refractivity contribution in [2.24, 2.45) is 0 Å². The monoisotopic (exact) mass is 259 g/mol. The number of carbonyl (C=O) groups is 1. The Morgan fingerprint density at radius 3 is 2.74 bits per heavy atom. The van der Waals surface area contributed by atoms with Crippen molar-refractivity contribution in [1.29, 1.82) is 0 Å². The zero-order valence-corrected chi connectivity index (χ0v) is 11.1. The number of nitrogens with one attached hydrogen (secondary N) is 2. The predicted octanol–water partition coefficient (Wildman–Crippen LogP) is 1.38. The van der Waals surface area contributed by atoms with Crippen molar-refractivity contribution < 1.29 is 4.79 Å². The Kier molecular flexibility index (Phi) is 3.94. The molecule has 2 N–H and O–H groups in total. The number of aromatic nitrogens is 2. The lowest BCUT2D eigenvalue weighted by molar-refractivity contribution is -0.121. The van der Waals surface area contributed by atoms with Crippen LogP contribution in [0, 0.1) is 0 Å². The van der Waals surface area contributed by atoms with Gasteiger partial charge in [-0.3, -0.25) is 9.59 Å². The van der Waals surface area contributed by atoms with Crippen LogP contribution in [-0.4, -0.2) is 22.1 Å². The fraction of sp³-hybridized carbons (Fsp3) is 0.357. The fourth-order valence-corrected chi connectivity index (χ4v) is 1.89. The van der Waals surface area contributed by atoms with E-state index in [0.717, 1.165) is 11.8 Å². The molecule has 0 bridgehead atoms. The van der Waals surface area contributed by atoms with Crippen LogP contribution < -0.4 is 10.9 Å². The number of rotatable bonds is 4. The van der Waals surface area contributed by atoms with Crippen molar-refractivity contribution in [3.05, 3.63) is 40.3 Å². The number of nitrogens with zero attached hydrogens (tertiary/aromatic N) is 1. The maximum absolute atomic E-state index is 11.9. The Morgan fingerprint density at radius 1 is 1.37 bits per heavy atom. The Labute approximate surface area is 111 Å². The molecule has 0 saturated carbocycles. The lowest BCUT2D eigenvalue weighted by Gasteiger charge is -2.11. The van der Waals surface area contributed by atoms with Gasteiger partial charge in [0.1, 0.15) is 0 Å². The van der Waals surface area contributed by atoms with E-state index in [-0.39, 0.29) is 23.9 Å². The van der Waals surface area contributed by atoms with E-state index in [1.54, 1.807) is 12.1 Å². The lowest BCUT2D eigenvalue weighted by atomic mass is 10.1. The van der Waals surface area contributed by atoms with Gasteiger partial charge in [0.2, 0.25) is 5.91 Å². The molecular weight excluding hydrogens is 242 g/mol. The highest BCUT2D eigenvalue weighted by Crippen LogP contribution is 2.12. The molecule has 1 aromatic carbocycles. The van der Waals surface area contributed by atoms with Crippen molar-refractivity contribution >= 4 is 16.7 Å². The summed E-state index contributed by atoms with van der Waals surface area (Å²) in [6.45, 7) is 3.97. The van der Waals surface area contributed by atoms with Gasteiger partial charge in [-0.2, -0.15) is 5.10 Å². The molecule has 2 rings (SSSR count).